The Hall–Kier alpha value is -2.82. The number of nitrogens with one attached hydrogen (secondary N) is 2. The molecule has 0 unspecified atom stereocenters. The predicted molar refractivity (Wildman–Crippen MR) is 104 cm³/mol. The van der Waals surface area contributed by atoms with Crippen molar-refractivity contribution in [2.24, 2.45) is 5.41 Å². The van der Waals surface area contributed by atoms with Gasteiger partial charge in [0.15, 0.2) is 0 Å². The highest BCUT2D eigenvalue weighted by atomic mass is 16.5. The van der Waals surface area contributed by atoms with E-state index in [9.17, 15) is 9.59 Å². The highest BCUT2D eigenvalue weighted by Gasteiger charge is 2.22. The zero-order chi connectivity index (χ0) is 19.2. The van der Waals surface area contributed by atoms with Crippen LogP contribution in [-0.2, 0) is 22.6 Å². The van der Waals surface area contributed by atoms with Crippen LogP contribution in [0.3, 0.4) is 0 Å². The first-order valence-electron chi connectivity index (χ1n) is 8.71. The summed E-state index contributed by atoms with van der Waals surface area (Å²) in [6.07, 6.45) is 0.240. The van der Waals surface area contributed by atoms with Crippen molar-refractivity contribution >= 4 is 23.4 Å². The third-order valence-corrected chi connectivity index (χ3v) is 3.88. The van der Waals surface area contributed by atoms with Crippen molar-refractivity contribution in [3.05, 3.63) is 59.7 Å². The lowest BCUT2D eigenvalue weighted by molar-refractivity contribution is -0.123. The molecule has 2 N–H and O–H groups in total. The molecule has 0 aliphatic carbocycles. The van der Waals surface area contributed by atoms with Crippen molar-refractivity contribution in [3.8, 4) is 0 Å². The van der Waals surface area contributed by atoms with Gasteiger partial charge in [0.2, 0.25) is 5.91 Å². The molecule has 2 amide bonds. The number of hydrogen-bond acceptors (Lipinski definition) is 3. The van der Waals surface area contributed by atoms with Gasteiger partial charge in [0.25, 0.3) is 0 Å². The van der Waals surface area contributed by atoms with Crippen LogP contribution in [0.15, 0.2) is 48.5 Å². The van der Waals surface area contributed by atoms with E-state index in [1.54, 1.807) is 12.1 Å². The van der Waals surface area contributed by atoms with Gasteiger partial charge in [0.1, 0.15) is 6.61 Å². The molecule has 0 heterocycles. The summed E-state index contributed by atoms with van der Waals surface area (Å²) in [5.74, 6) is -0.0731. The fourth-order valence-electron chi connectivity index (χ4n) is 2.27. The van der Waals surface area contributed by atoms with E-state index in [1.807, 2.05) is 64.1 Å². The van der Waals surface area contributed by atoms with Crippen molar-refractivity contribution in [1.29, 1.82) is 0 Å². The largest absolute Gasteiger partial charge is 0.444 e. The molecular formula is C21H26N2O3. The molecule has 2 aromatic rings. The molecule has 26 heavy (non-hydrogen) atoms. The van der Waals surface area contributed by atoms with Crippen molar-refractivity contribution in [2.45, 2.75) is 40.7 Å². The molecule has 0 aromatic heterocycles. The van der Waals surface area contributed by atoms with Gasteiger partial charge >= 0.3 is 6.09 Å². The Morgan fingerprint density at radius 1 is 1.00 bits per heavy atom. The minimum atomic E-state index is -0.536. The SMILES string of the molecule is CCc1ccc(NC(=O)OCc2ccccc2)cc1NC(=O)C(C)(C)C. The maximum Gasteiger partial charge on any atom is 0.411 e. The van der Waals surface area contributed by atoms with Gasteiger partial charge in [-0.05, 0) is 29.7 Å². The summed E-state index contributed by atoms with van der Waals surface area (Å²) in [5, 5.41) is 5.65. The van der Waals surface area contributed by atoms with Crippen LogP contribution < -0.4 is 10.6 Å². The van der Waals surface area contributed by atoms with E-state index in [2.05, 4.69) is 10.6 Å². The summed E-state index contributed by atoms with van der Waals surface area (Å²) < 4.78 is 5.23. The molecule has 0 radical (unpaired) electrons. The Balaban J connectivity index is 2.04. The van der Waals surface area contributed by atoms with Crippen molar-refractivity contribution < 1.29 is 14.3 Å². The molecular weight excluding hydrogens is 328 g/mol. The van der Waals surface area contributed by atoms with Crippen LogP contribution in [0, 0.1) is 5.41 Å². The first kappa shape index (κ1) is 19.5. The third-order valence-electron chi connectivity index (χ3n) is 3.88. The summed E-state index contributed by atoms with van der Waals surface area (Å²) >= 11 is 0. The minimum Gasteiger partial charge on any atom is -0.444 e. The molecule has 5 nitrogen and oxygen atoms in total. The summed E-state index contributed by atoms with van der Waals surface area (Å²) in [5.41, 5.74) is 2.70. The van der Waals surface area contributed by atoms with Gasteiger partial charge in [-0.15, -0.1) is 0 Å². The van der Waals surface area contributed by atoms with Gasteiger partial charge in [0, 0.05) is 16.8 Å². The average molecular weight is 354 g/mol. The van der Waals surface area contributed by atoms with Crippen molar-refractivity contribution in [1.82, 2.24) is 0 Å². The van der Waals surface area contributed by atoms with E-state index in [1.165, 1.54) is 0 Å². The second-order valence-corrected chi connectivity index (χ2v) is 7.12. The number of anilines is 2. The van der Waals surface area contributed by atoms with E-state index >= 15 is 0 Å². The van der Waals surface area contributed by atoms with E-state index in [-0.39, 0.29) is 12.5 Å². The molecule has 2 rings (SSSR count). The fraction of sp³-hybridized carbons (Fsp3) is 0.333. The Bertz CT molecular complexity index is 765. The van der Waals surface area contributed by atoms with E-state index < -0.39 is 11.5 Å². The first-order chi connectivity index (χ1) is 12.3. The lowest BCUT2D eigenvalue weighted by Crippen LogP contribution is -2.28. The Morgan fingerprint density at radius 3 is 2.31 bits per heavy atom. The minimum absolute atomic E-state index is 0.0731. The van der Waals surface area contributed by atoms with Crippen LogP contribution in [0.25, 0.3) is 0 Å². The number of carbonyl (C=O) groups is 2. The predicted octanol–water partition coefficient (Wildman–Crippen LogP) is 4.98. The van der Waals surface area contributed by atoms with Gasteiger partial charge < -0.3 is 10.1 Å². The van der Waals surface area contributed by atoms with Crippen LogP contribution in [0.5, 0.6) is 0 Å². The van der Waals surface area contributed by atoms with Crippen molar-refractivity contribution in [3.63, 3.8) is 0 Å². The summed E-state index contributed by atoms with van der Waals surface area (Å²) in [6, 6.07) is 14.9. The molecule has 5 heteroatoms. The molecule has 2 aromatic carbocycles. The molecule has 0 fully saturated rings. The van der Waals surface area contributed by atoms with Crippen molar-refractivity contribution in [2.75, 3.05) is 10.6 Å². The smallest absolute Gasteiger partial charge is 0.411 e. The van der Waals surface area contributed by atoms with Crippen LogP contribution in [-0.4, -0.2) is 12.0 Å². The molecule has 138 valence electrons. The molecule has 0 bridgehead atoms. The topological polar surface area (TPSA) is 67.4 Å². The lowest BCUT2D eigenvalue weighted by Gasteiger charge is -2.20. The van der Waals surface area contributed by atoms with Gasteiger partial charge in [-0.1, -0.05) is 64.1 Å². The monoisotopic (exact) mass is 354 g/mol. The molecule has 0 atom stereocenters. The highest BCUT2D eigenvalue weighted by Crippen LogP contribution is 2.24. The molecule has 0 spiro atoms. The van der Waals surface area contributed by atoms with Gasteiger partial charge in [-0.2, -0.15) is 0 Å². The molecule has 0 aliphatic heterocycles. The number of aryl methyl sites for hydroxylation is 1. The highest BCUT2D eigenvalue weighted by molar-refractivity contribution is 5.96. The number of carbonyl (C=O) groups excluding carboxylic acids is 2. The Morgan fingerprint density at radius 2 is 1.69 bits per heavy atom. The molecule has 0 saturated heterocycles. The zero-order valence-electron chi connectivity index (χ0n) is 15.8. The Labute approximate surface area is 154 Å². The van der Waals surface area contributed by atoms with Gasteiger partial charge in [-0.3, -0.25) is 10.1 Å². The fourth-order valence-corrected chi connectivity index (χ4v) is 2.27. The second kappa shape index (κ2) is 8.52. The van der Waals surface area contributed by atoms with Gasteiger partial charge in [-0.25, -0.2) is 4.79 Å². The average Bonchev–Trinajstić information content (AvgIpc) is 2.60. The van der Waals surface area contributed by atoms with Crippen LogP contribution >= 0.6 is 0 Å². The third kappa shape index (κ3) is 5.62. The quantitative estimate of drug-likeness (QED) is 0.795. The first-order valence-corrected chi connectivity index (χ1v) is 8.71. The maximum absolute atomic E-state index is 12.3. The summed E-state index contributed by atoms with van der Waals surface area (Å²) in [7, 11) is 0. The number of amides is 2. The van der Waals surface area contributed by atoms with Crippen LogP contribution in [0.2, 0.25) is 0 Å². The zero-order valence-corrected chi connectivity index (χ0v) is 15.8. The molecule has 0 aliphatic rings. The summed E-state index contributed by atoms with van der Waals surface area (Å²) in [4.78, 5) is 24.3. The lowest BCUT2D eigenvalue weighted by atomic mass is 9.95. The summed E-state index contributed by atoms with van der Waals surface area (Å²) in [6.45, 7) is 7.79. The van der Waals surface area contributed by atoms with Crippen LogP contribution in [0.4, 0.5) is 16.2 Å². The van der Waals surface area contributed by atoms with Gasteiger partial charge in [0.05, 0.1) is 0 Å². The Kier molecular flexibility index (Phi) is 6.39. The maximum atomic E-state index is 12.3. The van der Waals surface area contributed by atoms with E-state index in [0.717, 1.165) is 17.5 Å². The van der Waals surface area contributed by atoms with E-state index in [0.29, 0.717) is 11.4 Å². The number of rotatable bonds is 5. The van der Waals surface area contributed by atoms with Crippen LogP contribution in [0.1, 0.15) is 38.8 Å². The number of ether oxygens (including phenoxy) is 1. The second-order valence-electron chi connectivity index (χ2n) is 7.12. The number of hydrogen-bond donors (Lipinski definition) is 2. The van der Waals surface area contributed by atoms with E-state index in [4.69, 9.17) is 4.74 Å². The normalized spacial score (nSPS) is 10.9. The standard InChI is InChI=1S/C21H26N2O3/c1-5-16-11-12-17(13-18(16)23-19(24)21(2,3)4)22-20(25)26-14-15-9-7-6-8-10-15/h6-13H,5,14H2,1-4H3,(H,22,25)(H,23,24). The molecule has 0 saturated carbocycles. The number of benzene rings is 2.